The quantitative estimate of drug-likeness (QED) is 0.821. The fourth-order valence-electron chi connectivity index (χ4n) is 2.08. The number of hydrogen-bond donors (Lipinski definition) is 1. The Morgan fingerprint density at radius 2 is 1.79 bits per heavy atom. The van der Waals surface area contributed by atoms with E-state index in [0.717, 1.165) is 5.56 Å². The van der Waals surface area contributed by atoms with Crippen molar-refractivity contribution >= 4 is 11.9 Å². The Labute approximate surface area is 111 Å². The van der Waals surface area contributed by atoms with Crippen molar-refractivity contribution in [3.05, 3.63) is 47.5 Å². The zero-order chi connectivity index (χ0) is 13.8. The van der Waals surface area contributed by atoms with Crippen molar-refractivity contribution in [2.75, 3.05) is 14.2 Å². The molecule has 0 radical (unpaired) electrons. The van der Waals surface area contributed by atoms with Gasteiger partial charge in [-0.05, 0) is 11.6 Å². The lowest BCUT2D eigenvalue weighted by Crippen LogP contribution is -2.34. The van der Waals surface area contributed by atoms with Crippen molar-refractivity contribution in [2.24, 2.45) is 0 Å². The molecule has 0 fully saturated rings. The zero-order valence-electron chi connectivity index (χ0n) is 10.8. The van der Waals surface area contributed by atoms with Crippen molar-refractivity contribution in [1.29, 1.82) is 0 Å². The summed E-state index contributed by atoms with van der Waals surface area (Å²) in [6.45, 7) is 0. The first-order valence-corrected chi connectivity index (χ1v) is 5.86. The second kappa shape index (κ2) is 5.67. The lowest BCUT2D eigenvalue weighted by molar-refractivity contribution is -0.141. The number of rotatable bonds is 3. The first-order chi connectivity index (χ1) is 9.17. The van der Waals surface area contributed by atoms with Gasteiger partial charge in [0.1, 0.15) is 6.04 Å². The maximum atomic E-state index is 11.8. The number of esters is 2. The first-order valence-electron chi connectivity index (χ1n) is 5.86. The highest BCUT2D eigenvalue weighted by Crippen LogP contribution is 2.28. The molecular weight excluding hydrogens is 246 g/mol. The van der Waals surface area contributed by atoms with Crippen LogP contribution in [0.2, 0.25) is 0 Å². The van der Waals surface area contributed by atoms with E-state index in [1.165, 1.54) is 14.2 Å². The fourth-order valence-corrected chi connectivity index (χ4v) is 2.08. The summed E-state index contributed by atoms with van der Waals surface area (Å²) in [7, 11) is 2.63. The van der Waals surface area contributed by atoms with Gasteiger partial charge in [-0.25, -0.2) is 4.79 Å². The minimum atomic E-state index is -0.635. The van der Waals surface area contributed by atoms with Crippen LogP contribution in [0.15, 0.2) is 42.0 Å². The van der Waals surface area contributed by atoms with Gasteiger partial charge in [-0.15, -0.1) is 0 Å². The molecule has 0 spiro atoms. The summed E-state index contributed by atoms with van der Waals surface area (Å²) in [6, 6.07) is 8.40. The van der Waals surface area contributed by atoms with Gasteiger partial charge in [0.05, 0.1) is 25.8 Å². The summed E-state index contributed by atoms with van der Waals surface area (Å²) < 4.78 is 9.43. The summed E-state index contributed by atoms with van der Waals surface area (Å²) in [5.74, 6) is -0.882. The molecule has 0 aromatic heterocycles. The van der Waals surface area contributed by atoms with Crippen LogP contribution in [-0.2, 0) is 19.1 Å². The van der Waals surface area contributed by atoms with Gasteiger partial charge < -0.3 is 9.47 Å². The molecule has 1 aromatic rings. The van der Waals surface area contributed by atoms with Crippen LogP contribution in [0.25, 0.3) is 0 Å². The second-order valence-electron chi connectivity index (χ2n) is 4.12. The summed E-state index contributed by atoms with van der Waals surface area (Å²) in [6.07, 6.45) is 1.55. The molecule has 1 aromatic carbocycles. The third kappa shape index (κ3) is 2.66. The molecule has 0 saturated heterocycles. The van der Waals surface area contributed by atoms with Gasteiger partial charge in [-0.1, -0.05) is 30.3 Å². The average molecular weight is 261 g/mol. The van der Waals surface area contributed by atoms with E-state index >= 15 is 0 Å². The van der Waals surface area contributed by atoms with Crippen LogP contribution in [0.3, 0.4) is 0 Å². The molecule has 0 aliphatic carbocycles. The molecule has 5 heteroatoms. The van der Waals surface area contributed by atoms with E-state index in [1.807, 2.05) is 30.3 Å². The van der Waals surface area contributed by atoms with Crippen molar-refractivity contribution in [2.45, 2.75) is 12.1 Å². The molecule has 0 unspecified atom stereocenters. The first kappa shape index (κ1) is 13.3. The Morgan fingerprint density at radius 3 is 2.37 bits per heavy atom. The molecule has 1 heterocycles. The molecule has 1 aliphatic heterocycles. The number of benzene rings is 1. The van der Waals surface area contributed by atoms with Crippen LogP contribution < -0.4 is 5.32 Å². The van der Waals surface area contributed by atoms with Gasteiger partial charge in [0.15, 0.2) is 0 Å². The summed E-state index contributed by atoms with van der Waals surface area (Å²) in [5.41, 5.74) is 1.31. The van der Waals surface area contributed by atoms with Gasteiger partial charge in [0.25, 0.3) is 0 Å². The van der Waals surface area contributed by atoms with Crippen LogP contribution in [-0.4, -0.2) is 32.2 Å². The summed E-state index contributed by atoms with van der Waals surface area (Å²) >= 11 is 0. The van der Waals surface area contributed by atoms with Crippen LogP contribution in [0.5, 0.6) is 0 Å². The highest BCUT2D eigenvalue weighted by Gasteiger charge is 2.35. The lowest BCUT2D eigenvalue weighted by Gasteiger charge is -2.16. The number of ether oxygens (including phenoxy) is 2. The van der Waals surface area contributed by atoms with E-state index in [1.54, 1.807) is 6.08 Å². The lowest BCUT2D eigenvalue weighted by atomic mass is 10.0. The van der Waals surface area contributed by atoms with E-state index < -0.39 is 18.0 Å². The van der Waals surface area contributed by atoms with Crippen LogP contribution in [0, 0.1) is 0 Å². The fraction of sp³-hybridized carbons (Fsp3) is 0.286. The maximum Gasteiger partial charge on any atom is 0.335 e. The van der Waals surface area contributed by atoms with Crippen LogP contribution in [0.1, 0.15) is 11.6 Å². The number of hydrogen-bond acceptors (Lipinski definition) is 5. The summed E-state index contributed by atoms with van der Waals surface area (Å²) in [5, 5.41) is 3.06. The SMILES string of the molecule is COC(=O)C1=C[C@@H](C(=O)OC)N[C@@H]1c1ccccc1. The van der Waals surface area contributed by atoms with Crippen LogP contribution >= 0.6 is 0 Å². The molecule has 0 amide bonds. The topological polar surface area (TPSA) is 64.6 Å². The number of methoxy groups -OCH3 is 2. The Bertz CT molecular complexity index is 509. The maximum absolute atomic E-state index is 11.8. The smallest absolute Gasteiger partial charge is 0.335 e. The molecule has 19 heavy (non-hydrogen) atoms. The minimum absolute atomic E-state index is 0.363. The number of carbonyl (C=O) groups is 2. The van der Waals surface area contributed by atoms with E-state index in [9.17, 15) is 9.59 Å². The molecule has 5 nitrogen and oxygen atoms in total. The Balaban J connectivity index is 2.31. The normalized spacial score (nSPS) is 21.7. The van der Waals surface area contributed by atoms with E-state index in [4.69, 9.17) is 4.74 Å². The minimum Gasteiger partial charge on any atom is -0.468 e. The largest absolute Gasteiger partial charge is 0.468 e. The van der Waals surface area contributed by atoms with E-state index in [0.29, 0.717) is 5.57 Å². The third-order valence-electron chi connectivity index (χ3n) is 3.01. The highest BCUT2D eigenvalue weighted by molar-refractivity contribution is 5.93. The Morgan fingerprint density at radius 1 is 1.11 bits per heavy atom. The summed E-state index contributed by atoms with van der Waals surface area (Å²) in [4.78, 5) is 23.3. The standard InChI is InChI=1S/C14H15NO4/c1-18-13(16)10-8-11(14(17)19-2)15-12(10)9-6-4-3-5-7-9/h3-8,11-12,15H,1-2H3/t11-,12+/m0/s1. The molecule has 2 rings (SSSR count). The number of nitrogens with one attached hydrogen (secondary N) is 1. The van der Waals surface area contributed by atoms with Crippen molar-refractivity contribution in [1.82, 2.24) is 5.32 Å². The number of carbonyl (C=O) groups excluding carboxylic acids is 2. The third-order valence-corrected chi connectivity index (χ3v) is 3.01. The van der Waals surface area contributed by atoms with Gasteiger partial charge in [0.2, 0.25) is 0 Å². The molecular formula is C14H15NO4. The second-order valence-corrected chi connectivity index (χ2v) is 4.12. The van der Waals surface area contributed by atoms with Gasteiger partial charge in [-0.3, -0.25) is 10.1 Å². The molecule has 0 saturated carbocycles. The molecule has 100 valence electrons. The predicted octanol–water partition coefficient (Wildman–Crippen LogP) is 0.972. The van der Waals surface area contributed by atoms with E-state index in [-0.39, 0.29) is 6.04 Å². The van der Waals surface area contributed by atoms with E-state index in [2.05, 4.69) is 10.1 Å². The van der Waals surface area contributed by atoms with Gasteiger partial charge >= 0.3 is 11.9 Å². The van der Waals surface area contributed by atoms with Crippen molar-refractivity contribution in [3.63, 3.8) is 0 Å². The zero-order valence-corrected chi connectivity index (χ0v) is 10.8. The average Bonchev–Trinajstić information content (AvgIpc) is 2.91. The van der Waals surface area contributed by atoms with Crippen LogP contribution in [0.4, 0.5) is 0 Å². The Hall–Kier alpha value is -2.14. The Kier molecular flexibility index (Phi) is 3.97. The van der Waals surface area contributed by atoms with Crippen molar-refractivity contribution < 1.29 is 19.1 Å². The molecule has 0 bridgehead atoms. The predicted molar refractivity (Wildman–Crippen MR) is 68.2 cm³/mol. The van der Waals surface area contributed by atoms with Gasteiger partial charge in [-0.2, -0.15) is 0 Å². The van der Waals surface area contributed by atoms with Crippen molar-refractivity contribution in [3.8, 4) is 0 Å². The monoisotopic (exact) mass is 261 g/mol. The molecule has 1 aliphatic rings. The molecule has 1 N–H and O–H groups in total. The van der Waals surface area contributed by atoms with Gasteiger partial charge in [0, 0.05) is 0 Å². The highest BCUT2D eigenvalue weighted by atomic mass is 16.5. The molecule has 2 atom stereocenters.